The lowest BCUT2D eigenvalue weighted by molar-refractivity contribution is -0.144. The minimum Gasteiger partial charge on any atom is -0.480 e. The molecule has 0 aliphatic rings. The van der Waals surface area contributed by atoms with Gasteiger partial charge in [0.2, 0.25) is 0 Å². The smallest absolute Gasteiger partial charge is 0.328 e. The average Bonchev–Trinajstić information content (AvgIpc) is 2.43. The van der Waals surface area contributed by atoms with Gasteiger partial charge < -0.3 is 10.0 Å². The number of carboxylic acid groups (broad SMARTS) is 1. The van der Waals surface area contributed by atoms with Crippen molar-refractivity contribution in [2.75, 3.05) is 26.2 Å². The maximum atomic E-state index is 13.1. The van der Waals surface area contributed by atoms with E-state index in [-0.39, 0.29) is 5.02 Å². The van der Waals surface area contributed by atoms with Crippen LogP contribution in [0.2, 0.25) is 5.02 Å². The largest absolute Gasteiger partial charge is 0.480 e. The molecule has 0 aliphatic heterocycles. The molecule has 1 unspecified atom stereocenters. The standard InChI is InChI=1S/C15H22ClFN2O2/c1-4-19(5-2)9-8-18-15(3,14(20)21)12-7-6-11(17)10-13(12)16/h6-7,10,18H,4-5,8-9H2,1-3H3,(H,20,21). The molecule has 0 aromatic heterocycles. The van der Waals surface area contributed by atoms with Crippen LogP contribution in [0.15, 0.2) is 18.2 Å². The van der Waals surface area contributed by atoms with Crippen LogP contribution in [0, 0.1) is 5.82 Å². The first-order chi connectivity index (χ1) is 9.85. The van der Waals surface area contributed by atoms with Gasteiger partial charge in [-0.05, 0) is 32.1 Å². The molecule has 1 aromatic carbocycles. The highest BCUT2D eigenvalue weighted by Crippen LogP contribution is 2.29. The van der Waals surface area contributed by atoms with Gasteiger partial charge in [0.15, 0.2) is 0 Å². The first-order valence-corrected chi connectivity index (χ1v) is 7.39. The van der Waals surface area contributed by atoms with Crippen molar-refractivity contribution in [1.29, 1.82) is 0 Å². The molecule has 4 nitrogen and oxygen atoms in total. The van der Waals surface area contributed by atoms with Crippen molar-refractivity contribution in [3.8, 4) is 0 Å². The number of nitrogens with one attached hydrogen (secondary N) is 1. The molecule has 0 amide bonds. The van der Waals surface area contributed by atoms with Crippen LogP contribution in [0.1, 0.15) is 26.3 Å². The van der Waals surface area contributed by atoms with E-state index < -0.39 is 17.3 Å². The molecule has 0 heterocycles. The molecular formula is C15H22ClFN2O2. The van der Waals surface area contributed by atoms with Crippen LogP contribution in [0.25, 0.3) is 0 Å². The second-order valence-electron chi connectivity index (χ2n) is 5.01. The summed E-state index contributed by atoms with van der Waals surface area (Å²) in [5.41, 5.74) is -0.990. The van der Waals surface area contributed by atoms with Gasteiger partial charge in [0.25, 0.3) is 0 Å². The van der Waals surface area contributed by atoms with Crippen molar-refractivity contribution in [1.82, 2.24) is 10.2 Å². The Morgan fingerprint density at radius 2 is 2.05 bits per heavy atom. The van der Waals surface area contributed by atoms with Crippen LogP contribution < -0.4 is 5.32 Å². The molecular weight excluding hydrogens is 295 g/mol. The molecule has 1 aromatic rings. The zero-order valence-corrected chi connectivity index (χ0v) is 13.4. The van der Waals surface area contributed by atoms with E-state index in [9.17, 15) is 14.3 Å². The number of benzene rings is 1. The summed E-state index contributed by atoms with van der Waals surface area (Å²) >= 11 is 6.00. The minimum atomic E-state index is -1.35. The Bertz CT molecular complexity index is 495. The maximum Gasteiger partial charge on any atom is 0.328 e. The summed E-state index contributed by atoms with van der Waals surface area (Å²) in [5, 5.41) is 12.7. The van der Waals surface area contributed by atoms with Crippen LogP contribution in [0.5, 0.6) is 0 Å². The van der Waals surface area contributed by atoms with E-state index in [1.54, 1.807) is 0 Å². The molecule has 2 N–H and O–H groups in total. The number of aliphatic carboxylic acids is 1. The quantitative estimate of drug-likeness (QED) is 0.774. The second kappa shape index (κ2) is 7.73. The van der Waals surface area contributed by atoms with Gasteiger partial charge in [-0.2, -0.15) is 0 Å². The molecule has 0 fully saturated rings. The Kier molecular flexibility index (Phi) is 6.58. The molecule has 0 aliphatic carbocycles. The fourth-order valence-corrected chi connectivity index (χ4v) is 2.54. The van der Waals surface area contributed by atoms with Crippen LogP contribution >= 0.6 is 11.6 Å². The van der Waals surface area contributed by atoms with Crippen LogP contribution in [0.4, 0.5) is 4.39 Å². The third kappa shape index (κ3) is 4.40. The normalized spacial score (nSPS) is 14.2. The summed E-state index contributed by atoms with van der Waals surface area (Å²) in [6.07, 6.45) is 0. The summed E-state index contributed by atoms with van der Waals surface area (Å²) in [6, 6.07) is 3.76. The fourth-order valence-electron chi connectivity index (χ4n) is 2.18. The molecule has 118 valence electrons. The van der Waals surface area contributed by atoms with E-state index >= 15 is 0 Å². The van der Waals surface area contributed by atoms with Crippen LogP contribution in [-0.2, 0) is 10.3 Å². The molecule has 21 heavy (non-hydrogen) atoms. The Labute approximate surface area is 129 Å². The second-order valence-corrected chi connectivity index (χ2v) is 5.42. The molecule has 0 saturated carbocycles. The van der Waals surface area contributed by atoms with E-state index in [4.69, 9.17) is 11.6 Å². The summed E-state index contributed by atoms with van der Waals surface area (Å²) in [6.45, 7) is 8.68. The lowest BCUT2D eigenvalue weighted by Gasteiger charge is -2.29. The van der Waals surface area contributed by atoms with Gasteiger partial charge in [0.1, 0.15) is 11.4 Å². The third-order valence-corrected chi connectivity index (χ3v) is 4.01. The van der Waals surface area contributed by atoms with E-state index in [0.717, 1.165) is 25.7 Å². The zero-order chi connectivity index (χ0) is 16.0. The highest BCUT2D eigenvalue weighted by Gasteiger charge is 2.36. The lowest BCUT2D eigenvalue weighted by Crippen LogP contribution is -2.49. The predicted octanol–water partition coefficient (Wildman–Crippen LogP) is 2.71. The van der Waals surface area contributed by atoms with Crippen molar-refractivity contribution >= 4 is 17.6 Å². The number of rotatable bonds is 8. The van der Waals surface area contributed by atoms with Gasteiger partial charge in [-0.15, -0.1) is 0 Å². The number of likely N-dealkylation sites (N-methyl/N-ethyl adjacent to an activating group) is 1. The highest BCUT2D eigenvalue weighted by atomic mass is 35.5. The van der Waals surface area contributed by atoms with Gasteiger partial charge in [0, 0.05) is 23.7 Å². The lowest BCUT2D eigenvalue weighted by atomic mass is 9.92. The molecule has 0 spiro atoms. The third-order valence-electron chi connectivity index (χ3n) is 3.70. The minimum absolute atomic E-state index is 0.107. The number of carbonyl (C=O) groups is 1. The zero-order valence-electron chi connectivity index (χ0n) is 12.6. The van der Waals surface area contributed by atoms with Gasteiger partial charge >= 0.3 is 5.97 Å². The van der Waals surface area contributed by atoms with E-state index in [2.05, 4.69) is 24.1 Å². The predicted molar refractivity (Wildman–Crippen MR) is 82.2 cm³/mol. The van der Waals surface area contributed by atoms with E-state index in [1.807, 2.05) is 0 Å². The average molecular weight is 317 g/mol. The number of hydrogen-bond donors (Lipinski definition) is 2. The molecule has 0 bridgehead atoms. The first-order valence-electron chi connectivity index (χ1n) is 7.01. The Balaban J connectivity index is 2.90. The van der Waals surface area contributed by atoms with Crippen molar-refractivity contribution in [2.24, 2.45) is 0 Å². The molecule has 0 radical (unpaired) electrons. The summed E-state index contributed by atoms with van der Waals surface area (Å²) < 4.78 is 13.1. The summed E-state index contributed by atoms with van der Waals surface area (Å²) in [5.74, 6) is -1.53. The van der Waals surface area contributed by atoms with Crippen molar-refractivity contribution in [3.05, 3.63) is 34.6 Å². The molecule has 6 heteroatoms. The summed E-state index contributed by atoms with van der Waals surface area (Å²) in [4.78, 5) is 13.8. The number of halogens is 2. The van der Waals surface area contributed by atoms with Gasteiger partial charge in [-0.25, -0.2) is 9.18 Å². The van der Waals surface area contributed by atoms with Crippen LogP contribution in [0.3, 0.4) is 0 Å². The molecule has 0 saturated heterocycles. The number of nitrogens with zero attached hydrogens (tertiary/aromatic N) is 1. The first kappa shape index (κ1) is 17.9. The van der Waals surface area contributed by atoms with Gasteiger partial charge in [-0.1, -0.05) is 31.5 Å². The Morgan fingerprint density at radius 1 is 1.43 bits per heavy atom. The molecule has 1 rings (SSSR count). The van der Waals surface area contributed by atoms with Crippen molar-refractivity contribution < 1.29 is 14.3 Å². The number of hydrogen-bond acceptors (Lipinski definition) is 3. The monoisotopic (exact) mass is 316 g/mol. The maximum absolute atomic E-state index is 13.1. The Morgan fingerprint density at radius 3 is 2.52 bits per heavy atom. The highest BCUT2D eigenvalue weighted by molar-refractivity contribution is 6.31. The van der Waals surface area contributed by atoms with Gasteiger partial charge in [-0.3, -0.25) is 5.32 Å². The Hall–Kier alpha value is -1.17. The SMILES string of the molecule is CCN(CC)CCNC(C)(C(=O)O)c1ccc(F)cc1Cl. The fraction of sp³-hybridized carbons (Fsp3) is 0.533. The van der Waals surface area contributed by atoms with Gasteiger partial charge in [0.05, 0.1) is 0 Å². The number of carboxylic acids is 1. The van der Waals surface area contributed by atoms with Crippen LogP contribution in [-0.4, -0.2) is 42.2 Å². The van der Waals surface area contributed by atoms with Crippen molar-refractivity contribution in [3.63, 3.8) is 0 Å². The molecule has 1 atom stereocenters. The summed E-state index contributed by atoms with van der Waals surface area (Å²) in [7, 11) is 0. The van der Waals surface area contributed by atoms with E-state index in [0.29, 0.717) is 12.1 Å². The van der Waals surface area contributed by atoms with Crippen molar-refractivity contribution in [2.45, 2.75) is 26.3 Å². The van der Waals surface area contributed by atoms with E-state index in [1.165, 1.54) is 19.1 Å². The topological polar surface area (TPSA) is 52.6 Å².